The van der Waals surface area contributed by atoms with Crippen LogP contribution in [0.2, 0.25) is 0 Å². The van der Waals surface area contributed by atoms with E-state index in [4.69, 9.17) is 24.2 Å². The molecule has 0 bridgehead atoms. The van der Waals surface area contributed by atoms with Crippen LogP contribution < -0.4 is 10.1 Å². The first-order chi connectivity index (χ1) is 30.1. The van der Waals surface area contributed by atoms with E-state index in [0.717, 1.165) is 81.7 Å². The summed E-state index contributed by atoms with van der Waals surface area (Å²) in [6.45, 7) is 15.8. The number of fused-ring (bicyclic) bond motifs is 2. The van der Waals surface area contributed by atoms with Crippen molar-refractivity contribution in [1.82, 2.24) is 53.3 Å². The Morgan fingerprint density at radius 3 is 1.75 bits per heavy atom. The topological polar surface area (TPSA) is 179 Å². The molecule has 2 unspecified atom stereocenters. The molecule has 0 saturated carbocycles. The van der Waals surface area contributed by atoms with Crippen LogP contribution >= 0.6 is 34.2 Å². The molecule has 2 amide bonds. The third-order valence-electron chi connectivity index (χ3n) is 10.4. The van der Waals surface area contributed by atoms with Crippen LogP contribution in [0.5, 0.6) is 5.88 Å². The van der Waals surface area contributed by atoms with Crippen LogP contribution in [0.1, 0.15) is 96.1 Å². The van der Waals surface area contributed by atoms with Crippen molar-refractivity contribution >= 4 is 68.5 Å². The monoisotopic (exact) mass is 912 g/mol. The predicted molar refractivity (Wildman–Crippen MR) is 244 cm³/mol. The fourth-order valence-corrected chi connectivity index (χ4v) is 9.38. The van der Waals surface area contributed by atoms with E-state index < -0.39 is 11.2 Å². The van der Waals surface area contributed by atoms with Gasteiger partial charge in [0.2, 0.25) is 5.88 Å². The fraction of sp³-hybridized carbons (Fsp3) is 0.465. The van der Waals surface area contributed by atoms with Gasteiger partial charge in [0.25, 0.3) is 0 Å². The summed E-state index contributed by atoms with van der Waals surface area (Å²) < 4.78 is 24.6. The maximum atomic E-state index is 12.7. The molecule has 2 aliphatic rings. The Labute approximate surface area is 377 Å². The number of piperidine rings is 2. The van der Waals surface area contributed by atoms with E-state index >= 15 is 0 Å². The Morgan fingerprint density at radius 2 is 1.27 bits per heavy atom. The van der Waals surface area contributed by atoms with Gasteiger partial charge in [0.1, 0.15) is 22.0 Å². The molecule has 9 rings (SSSR count). The maximum Gasteiger partial charge on any atom is 0.410 e. The molecule has 7 aromatic rings. The number of ether oxygens (including phenoxy) is 3. The van der Waals surface area contributed by atoms with Crippen molar-refractivity contribution in [3.8, 4) is 28.4 Å². The molecule has 17 nitrogen and oxygen atoms in total. The number of aryl methyl sites for hydroxylation is 1. The van der Waals surface area contributed by atoms with Crippen LogP contribution in [0.4, 0.5) is 20.4 Å². The predicted octanol–water partition coefficient (Wildman–Crippen LogP) is 9.45. The lowest BCUT2D eigenvalue weighted by Crippen LogP contribution is -2.42. The lowest BCUT2D eigenvalue weighted by molar-refractivity contribution is 0.0187. The standard InChI is InChI=1S/C23H27N7O2S2.C20H25N5O3S/c1-14-8-20(34-28-14)27-19-9-17(15-6-5-7-29(11-15)22(31)32-23(2,3)4)26-21-16(10-25-30(19)21)18-12-33-13-24-18;1-20(2,3)28-19(26)24-7-5-6-13(10-24)15-8-17(27-4)25-18(23-15)14(9-22-25)16-11-29-12-21-16/h8-10,12-13,15,27H,5-7,11H2,1-4H3;8-9,11-13H,5-7,10H2,1-4H3. The normalized spacial score (nSPS) is 17.1. The van der Waals surface area contributed by atoms with Gasteiger partial charge in [0, 0.05) is 60.9 Å². The molecule has 0 radical (unpaired) electrons. The average Bonchev–Trinajstić information content (AvgIpc) is 4.11. The van der Waals surface area contributed by atoms with Gasteiger partial charge >= 0.3 is 12.2 Å². The molecule has 2 saturated heterocycles. The average molecular weight is 913 g/mol. The van der Waals surface area contributed by atoms with E-state index in [-0.39, 0.29) is 24.0 Å². The van der Waals surface area contributed by atoms with Gasteiger partial charge in [-0.3, -0.25) is 0 Å². The number of carbonyl (C=O) groups excluding carboxylic acids is 2. The second-order valence-electron chi connectivity index (χ2n) is 17.6. The Kier molecular flexibility index (Phi) is 12.7. The minimum Gasteiger partial charge on any atom is -0.481 e. The van der Waals surface area contributed by atoms with Gasteiger partial charge < -0.3 is 29.3 Å². The molecule has 2 fully saturated rings. The van der Waals surface area contributed by atoms with Crippen molar-refractivity contribution in [3.63, 3.8) is 0 Å². The third kappa shape index (κ3) is 10.2. The van der Waals surface area contributed by atoms with Gasteiger partial charge in [-0.2, -0.15) is 23.6 Å². The Bertz CT molecular complexity index is 2680. The van der Waals surface area contributed by atoms with Crippen molar-refractivity contribution in [2.75, 3.05) is 38.6 Å². The summed E-state index contributed by atoms with van der Waals surface area (Å²) in [6.07, 6.45) is 6.71. The number of rotatable bonds is 7. The summed E-state index contributed by atoms with van der Waals surface area (Å²) in [5, 5.41) is 17.4. The lowest BCUT2D eigenvalue weighted by Gasteiger charge is -2.34. The zero-order valence-corrected chi connectivity index (χ0v) is 39.1. The van der Waals surface area contributed by atoms with Crippen molar-refractivity contribution in [3.05, 3.63) is 69.5 Å². The number of hydrogen-bond acceptors (Lipinski definition) is 16. The fourth-order valence-electron chi connectivity index (χ4n) is 7.61. The maximum absolute atomic E-state index is 12.7. The summed E-state index contributed by atoms with van der Waals surface area (Å²) in [6, 6.07) is 5.95. The van der Waals surface area contributed by atoms with Gasteiger partial charge in [0.15, 0.2) is 11.3 Å². The van der Waals surface area contributed by atoms with Crippen molar-refractivity contribution < 1.29 is 23.8 Å². The first-order valence-electron chi connectivity index (χ1n) is 20.9. The highest BCUT2D eigenvalue weighted by molar-refractivity contribution is 7.10. The molecule has 7 aromatic heterocycles. The number of nitrogens with zero attached hydrogens (tertiary/aromatic N) is 11. The SMILES string of the molecule is COc1cc(C2CCCN(C(=O)OC(C)(C)C)C2)nc2c(-c3cscn3)cnn12.Cc1cc(Nc2cc(C3CCCN(C(=O)OC(C)(C)C)C3)nc3c(-c4cscn4)cnn23)sn1. The lowest BCUT2D eigenvalue weighted by atomic mass is 9.94. The number of likely N-dealkylation sites (tertiary alicyclic amines) is 2. The number of anilines is 2. The molecule has 1 N–H and O–H groups in total. The highest BCUT2D eigenvalue weighted by Crippen LogP contribution is 2.35. The van der Waals surface area contributed by atoms with E-state index in [2.05, 4.69) is 29.9 Å². The molecule has 63 heavy (non-hydrogen) atoms. The number of aromatic nitrogens is 9. The molecule has 332 valence electrons. The summed E-state index contributed by atoms with van der Waals surface area (Å²) in [4.78, 5) is 47.6. The van der Waals surface area contributed by atoms with Gasteiger partial charge in [0.05, 0.1) is 70.1 Å². The van der Waals surface area contributed by atoms with Crippen LogP contribution in [-0.4, -0.2) is 110 Å². The van der Waals surface area contributed by atoms with E-state index in [0.29, 0.717) is 37.7 Å². The molecular formula is C43H52N12O5S3. The van der Waals surface area contributed by atoms with Crippen molar-refractivity contribution in [2.45, 2.75) is 97.2 Å². The number of hydrogen-bond donors (Lipinski definition) is 1. The zero-order valence-electron chi connectivity index (χ0n) is 36.7. The number of methoxy groups -OCH3 is 1. The van der Waals surface area contributed by atoms with Gasteiger partial charge in [-0.25, -0.2) is 29.5 Å². The smallest absolute Gasteiger partial charge is 0.410 e. The van der Waals surface area contributed by atoms with Crippen molar-refractivity contribution in [2.24, 2.45) is 0 Å². The Morgan fingerprint density at radius 1 is 0.746 bits per heavy atom. The molecular weight excluding hydrogens is 861 g/mol. The number of thiazole rings is 2. The molecule has 0 aliphatic carbocycles. The second kappa shape index (κ2) is 18.2. The quantitative estimate of drug-likeness (QED) is 0.160. The van der Waals surface area contributed by atoms with Gasteiger partial charge in [-0.05, 0) is 91.7 Å². The minimum absolute atomic E-state index is 0.0909. The highest BCUT2D eigenvalue weighted by atomic mass is 32.1. The number of amides is 2. The molecule has 0 aromatic carbocycles. The van der Waals surface area contributed by atoms with E-state index in [1.54, 1.807) is 39.3 Å². The van der Waals surface area contributed by atoms with Crippen LogP contribution in [-0.2, 0) is 9.47 Å². The molecule has 0 spiro atoms. The van der Waals surface area contributed by atoms with Crippen LogP contribution in [0.15, 0.2) is 52.4 Å². The van der Waals surface area contributed by atoms with Crippen LogP contribution in [0.3, 0.4) is 0 Å². The minimum atomic E-state index is -0.523. The summed E-state index contributed by atoms with van der Waals surface area (Å²) in [7, 11) is 1.62. The van der Waals surface area contributed by atoms with Gasteiger partial charge in [-0.1, -0.05) is 0 Å². The molecule has 20 heteroatoms. The Hall–Kier alpha value is -5.73. The number of carbonyl (C=O) groups is 2. The summed E-state index contributed by atoms with van der Waals surface area (Å²) in [5.74, 6) is 1.61. The van der Waals surface area contributed by atoms with Gasteiger partial charge in [-0.15, -0.1) is 22.7 Å². The van der Waals surface area contributed by atoms with Crippen molar-refractivity contribution in [1.29, 1.82) is 0 Å². The molecule has 2 aliphatic heterocycles. The Balaban J connectivity index is 0.000000175. The third-order valence-corrected chi connectivity index (χ3v) is 12.4. The zero-order chi connectivity index (χ0) is 44.5. The summed E-state index contributed by atoms with van der Waals surface area (Å²) in [5.41, 5.74) is 10.2. The summed E-state index contributed by atoms with van der Waals surface area (Å²) >= 11 is 4.48. The first kappa shape index (κ1) is 43.9. The largest absolute Gasteiger partial charge is 0.481 e. The highest BCUT2D eigenvalue weighted by Gasteiger charge is 2.32. The van der Waals surface area contributed by atoms with Crippen LogP contribution in [0, 0.1) is 6.92 Å². The molecule has 2 atom stereocenters. The molecule has 9 heterocycles. The van der Waals surface area contributed by atoms with E-state index in [1.165, 1.54) is 34.2 Å². The van der Waals surface area contributed by atoms with E-state index in [1.807, 2.05) is 87.5 Å². The van der Waals surface area contributed by atoms with Crippen LogP contribution in [0.25, 0.3) is 33.8 Å². The second-order valence-corrected chi connectivity index (χ2v) is 19.9. The first-order valence-corrected chi connectivity index (χ1v) is 23.5. The van der Waals surface area contributed by atoms with E-state index in [9.17, 15) is 9.59 Å². The number of nitrogens with one attached hydrogen (secondary N) is 1.